The molecular weight excluding hydrogens is 380 g/mol. The van der Waals surface area contributed by atoms with Gasteiger partial charge >= 0.3 is 5.97 Å². The predicted octanol–water partition coefficient (Wildman–Crippen LogP) is 4.87. The van der Waals surface area contributed by atoms with E-state index in [-0.39, 0.29) is 28.3 Å². The van der Waals surface area contributed by atoms with Gasteiger partial charge < -0.3 is 14.9 Å². The molecule has 0 aromatic heterocycles. The van der Waals surface area contributed by atoms with Gasteiger partial charge in [0.05, 0.1) is 12.2 Å². The second-order valence-electron chi connectivity index (χ2n) is 10.8. The number of hydrogen-bond donors (Lipinski definition) is 2. The molecule has 5 heteroatoms. The number of rotatable bonds is 5. The van der Waals surface area contributed by atoms with Crippen LogP contribution in [0.5, 0.6) is 0 Å². The van der Waals surface area contributed by atoms with Crippen molar-refractivity contribution in [1.29, 1.82) is 0 Å². The molecular formula is C25H38O5. The Morgan fingerprint density at radius 1 is 1.10 bits per heavy atom. The van der Waals surface area contributed by atoms with Gasteiger partial charge in [-0.15, -0.1) is 0 Å². The maximum Gasteiger partial charge on any atom is 0.305 e. The first-order valence-electron chi connectivity index (χ1n) is 12.0. The third kappa shape index (κ3) is 3.14. The highest BCUT2D eigenvalue weighted by atomic mass is 16.5. The fourth-order valence-corrected chi connectivity index (χ4v) is 7.86. The Morgan fingerprint density at radius 2 is 1.83 bits per heavy atom. The zero-order valence-electron chi connectivity index (χ0n) is 18.8. The van der Waals surface area contributed by atoms with Gasteiger partial charge in [0.15, 0.2) is 11.5 Å². The molecule has 168 valence electrons. The molecule has 3 saturated carbocycles. The largest absolute Gasteiger partial charge is 0.504 e. The number of esters is 1. The van der Waals surface area contributed by atoms with Crippen LogP contribution in [0.1, 0.15) is 91.4 Å². The summed E-state index contributed by atoms with van der Waals surface area (Å²) in [6, 6.07) is 0. The summed E-state index contributed by atoms with van der Waals surface area (Å²) >= 11 is 0. The van der Waals surface area contributed by atoms with Gasteiger partial charge in [-0.2, -0.15) is 0 Å². The first-order valence-corrected chi connectivity index (χ1v) is 12.0. The van der Waals surface area contributed by atoms with Crippen molar-refractivity contribution in [2.24, 2.45) is 28.6 Å². The zero-order valence-corrected chi connectivity index (χ0v) is 18.8. The number of carbonyl (C=O) groups is 2. The average molecular weight is 419 g/mol. The number of ether oxygens (including phenoxy) is 1. The fraction of sp³-hybridized carbons (Fsp3) is 0.840. The number of ketones is 1. The Morgan fingerprint density at radius 3 is 2.57 bits per heavy atom. The fourth-order valence-electron chi connectivity index (χ4n) is 7.86. The SMILES string of the molecule is CCC(=O)OCCCC1(O)CC[C@H]2[C@@H]3CCC4=C(O)C(=O)CC[C@]4(C)[C@@H]3CC[C@@]21C. The van der Waals surface area contributed by atoms with Gasteiger partial charge in [0, 0.05) is 12.8 Å². The minimum Gasteiger partial charge on any atom is -0.504 e. The topological polar surface area (TPSA) is 83.8 Å². The molecule has 0 saturated heterocycles. The maximum atomic E-state index is 12.1. The Kier molecular flexibility index (Phi) is 5.57. The van der Waals surface area contributed by atoms with Crippen molar-refractivity contribution in [3.8, 4) is 0 Å². The minimum absolute atomic E-state index is 0.0556. The lowest BCUT2D eigenvalue weighted by molar-refractivity contribution is -0.146. The molecule has 2 N–H and O–H groups in total. The summed E-state index contributed by atoms with van der Waals surface area (Å²) in [7, 11) is 0. The van der Waals surface area contributed by atoms with Crippen molar-refractivity contribution in [1.82, 2.24) is 0 Å². The molecule has 0 spiro atoms. The van der Waals surface area contributed by atoms with Gasteiger partial charge in [-0.1, -0.05) is 20.8 Å². The first kappa shape index (κ1) is 21.9. The second-order valence-corrected chi connectivity index (χ2v) is 10.8. The highest BCUT2D eigenvalue weighted by Gasteiger charge is 2.63. The van der Waals surface area contributed by atoms with Gasteiger partial charge in [0.25, 0.3) is 0 Å². The quantitative estimate of drug-likeness (QED) is 0.492. The maximum absolute atomic E-state index is 12.1. The van der Waals surface area contributed by atoms with Crippen molar-refractivity contribution in [2.45, 2.75) is 97.0 Å². The molecule has 4 rings (SSSR count). The molecule has 0 bridgehead atoms. The Hall–Kier alpha value is -1.36. The van der Waals surface area contributed by atoms with Crippen molar-refractivity contribution >= 4 is 11.8 Å². The Labute approximate surface area is 180 Å². The molecule has 5 nitrogen and oxygen atoms in total. The monoisotopic (exact) mass is 418 g/mol. The summed E-state index contributed by atoms with van der Waals surface area (Å²) in [6.07, 6.45) is 8.82. The van der Waals surface area contributed by atoms with E-state index < -0.39 is 5.60 Å². The van der Waals surface area contributed by atoms with Crippen LogP contribution in [0.25, 0.3) is 0 Å². The number of Topliss-reactive ketones (excluding diaryl/α,β-unsaturated/α-hetero) is 1. The normalized spacial score (nSPS) is 43.1. The standard InChI is InChI=1S/C25H38O5/c1-4-21(27)30-15-5-11-25(29)14-9-18-16-6-7-19-22(28)20(26)10-12-23(19,2)17(16)8-13-24(18,25)3/h16-18,28-29H,4-15H2,1-3H3/t16-,17-,18+,23-,24+,25?/m1/s1. The lowest BCUT2D eigenvalue weighted by Gasteiger charge is -2.59. The van der Waals surface area contributed by atoms with Crippen LogP contribution in [0.4, 0.5) is 0 Å². The number of hydrogen-bond acceptors (Lipinski definition) is 5. The number of aliphatic hydroxyl groups is 2. The third-order valence-electron chi connectivity index (χ3n) is 9.70. The minimum atomic E-state index is -0.692. The average Bonchev–Trinajstić information content (AvgIpc) is 2.99. The summed E-state index contributed by atoms with van der Waals surface area (Å²) in [6.45, 7) is 6.74. The summed E-state index contributed by atoms with van der Waals surface area (Å²) in [5.41, 5.74) is 0.141. The van der Waals surface area contributed by atoms with Crippen molar-refractivity contribution in [3.63, 3.8) is 0 Å². The van der Waals surface area contributed by atoms with Gasteiger partial charge in [0.2, 0.25) is 0 Å². The van der Waals surface area contributed by atoms with Crippen LogP contribution < -0.4 is 0 Å². The van der Waals surface area contributed by atoms with Crippen LogP contribution in [0.2, 0.25) is 0 Å². The van der Waals surface area contributed by atoms with Crippen LogP contribution in [0, 0.1) is 28.6 Å². The van der Waals surface area contributed by atoms with E-state index in [1.165, 1.54) is 0 Å². The van der Waals surface area contributed by atoms with E-state index in [0.29, 0.717) is 50.0 Å². The molecule has 4 aliphatic carbocycles. The number of fused-ring (bicyclic) bond motifs is 5. The van der Waals surface area contributed by atoms with Crippen LogP contribution >= 0.6 is 0 Å². The Balaban J connectivity index is 1.50. The highest BCUT2D eigenvalue weighted by Crippen LogP contribution is 2.68. The molecule has 4 aliphatic rings. The summed E-state index contributed by atoms with van der Waals surface area (Å²) in [5.74, 6) is 1.32. The molecule has 6 atom stereocenters. The third-order valence-corrected chi connectivity index (χ3v) is 9.70. The highest BCUT2D eigenvalue weighted by molar-refractivity contribution is 5.95. The van der Waals surface area contributed by atoms with E-state index in [4.69, 9.17) is 4.74 Å². The van der Waals surface area contributed by atoms with Gasteiger partial charge in [-0.3, -0.25) is 9.59 Å². The molecule has 0 amide bonds. The van der Waals surface area contributed by atoms with Crippen LogP contribution in [-0.2, 0) is 14.3 Å². The van der Waals surface area contributed by atoms with Crippen LogP contribution in [-0.4, -0.2) is 34.2 Å². The number of carbonyl (C=O) groups excluding carboxylic acids is 2. The van der Waals surface area contributed by atoms with Crippen molar-refractivity contribution < 1.29 is 24.5 Å². The number of aliphatic hydroxyl groups excluding tert-OH is 1. The summed E-state index contributed by atoms with van der Waals surface area (Å²) in [5, 5.41) is 22.2. The number of allylic oxidation sites excluding steroid dienone is 1. The van der Waals surface area contributed by atoms with E-state index >= 15 is 0 Å². The summed E-state index contributed by atoms with van der Waals surface area (Å²) in [4.78, 5) is 23.5. The smallest absolute Gasteiger partial charge is 0.305 e. The van der Waals surface area contributed by atoms with Crippen LogP contribution in [0.3, 0.4) is 0 Å². The van der Waals surface area contributed by atoms with Gasteiger partial charge in [-0.25, -0.2) is 0 Å². The molecule has 0 aromatic carbocycles. The van der Waals surface area contributed by atoms with E-state index in [1.807, 2.05) is 0 Å². The summed E-state index contributed by atoms with van der Waals surface area (Å²) < 4.78 is 5.24. The molecule has 0 aromatic rings. The molecule has 3 fully saturated rings. The molecule has 1 unspecified atom stereocenters. The lowest BCUT2D eigenvalue weighted by atomic mass is 9.46. The van der Waals surface area contributed by atoms with E-state index in [1.54, 1.807) is 6.92 Å². The molecule has 0 heterocycles. The van der Waals surface area contributed by atoms with E-state index in [0.717, 1.165) is 50.5 Å². The van der Waals surface area contributed by atoms with Crippen molar-refractivity contribution in [2.75, 3.05) is 6.61 Å². The molecule has 0 aliphatic heterocycles. The van der Waals surface area contributed by atoms with Gasteiger partial charge in [0.1, 0.15) is 0 Å². The zero-order chi connectivity index (χ0) is 21.7. The van der Waals surface area contributed by atoms with Crippen LogP contribution in [0.15, 0.2) is 11.3 Å². The molecule has 0 radical (unpaired) electrons. The molecule has 30 heavy (non-hydrogen) atoms. The second kappa shape index (κ2) is 7.65. The predicted molar refractivity (Wildman–Crippen MR) is 114 cm³/mol. The van der Waals surface area contributed by atoms with E-state index in [2.05, 4.69) is 13.8 Å². The first-order chi connectivity index (χ1) is 14.2. The lowest BCUT2D eigenvalue weighted by Crippen LogP contribution is -2.55. The van der Waals surface area contributed by atoms with Crippen molar-refractivity contribution in [3.05, 3.63) is 11.3 Å². The Bertz CT molecular complexity index is 757. The van der Waals surface area contributed by atoms with Gasteiger partial charge in [-0.05, 0) is 91.9 Å². The van der Waals surface area contributed by atoms with E-state index in [9.17, 15) is 19.8 Å².